The maximum Gasteiger partial charge on any atom is 0.233 e. The molecule has 0 unspecified atom stereocenters. The van der Waals surface area contributed by atoms with Crippen molar-refractivity contribution in [2.45, 2.75) is 20.3 Å². The first-order valence-corrected chi connectivity index (χ1v) is 4.09. The highest BCUT2D eigenvalue weighted by atomic mass is 16.5. The van der Waals surface area contributed by atoms with Gasteiger partial charge in [-0.3, -0.25) is 0 Å². The molecule has 0 bridgehead atoms. The second-order valence-electron chi connectivity index (χ2n) is 3.17. The minimum absolute atomic E-state index is 0.572. The van der Waals surface area contributed by atoms with Gasteiger partial charge in [0.25, 0.3) is 0 Å². The van der Waals surface area contributed by atoms with Gasteiger partial charge in [-0.1, -0.05) is 13.8 Å². The molecular weight excluding hydrogens is 152 g/mol. The van der Waals surface area contributed by atoms with E-state index in [-0.39, 0.29) is 0 Å². The van der Waals surface area contributed by atoms with Crippen LogP contribution in [-0.2, 0) is 6.42 Å². The fourth-order valence-electron chi connectivity index (χ4n) is 0.984. The summed E-state index contributed by atoms with van der Waals surface area (Å²) in [6, 6.07) is 3.79. The maximum absolute atomic E-state index is 4.90. The van der Waals surface area contributed by atoms with Crippen molar-refractivity contribution in [3.8, 4) is 5.88 Å². The summed E-state index contributed by atoms with van der Waals surface area (Å²) in [7, 11) is 1.59. The number of methoxy groups -OCH3 is 1. The van der Waals surface area contributed by atoms with Crippen LogP contribution in [0.5, 0.6) is 5.88 Å². The standard InChI is InChI=1S/C9H14N2O/c1-7(2)6-8-4-5-9(12-3)11-10-8/h4-5,7H,6H2,1-3H3. The van der Waals surface area contributed by atoms with E-state index in [1.54, 1.807) is 7.11 Å². The van der Waals surface area contributed by atoms with E-state index in [0.29, 0.717) is 11.8 Å². The fourth-order valence-corrected chi connectivity index (χ4v) is 0.984. The zero-order valence-corrected chi connectivity index (χ0v) is 7.74. The summed E-state index contributed by atoms with van der Waals surface area (Å²) >= 11 is 0. The number of rotatable bonds is 3. The first-order chi connectivity index (χ1) is 5.72. The molecule has 0 aliphatic heterocycles. The monoisotopic (exact) mass is 166 g/mol. The number of hydrogen-bond donors (Lipinski definition) is 0. The molecule has 1 aromatic heterocycles. The lowest BCUT2D eigenvalue weighted by molar-refractivity contribution is 0.390. The van der Waals surface area contributed by atoms with Crippen molar-refractivity contribution < 1.29 is 4.74 Å². The van der Waals surface area contributed by atoms with Crippen molar-refractivity contribution in [1.82, 2.24) is 10.2 Å². The molecule has 0 saturated carbocycles. The second-order valence-corrected chi connectivity index (χ2v) is 3.17. The van der Waals surface area contributed by atoms with Crippen LogP contribution in [0.15, 0.2) is 12.1 Å². The summed E-state index contributed by atoms with van der Waals surface area (Å²) < 4.78 is 4.90. The third kappa shape index (κ3) is 2.49. The Morgan fingerprint density at radius 2 is 2.08 bits per heavy atom. The molecule has 0 saturated heterocycles. The molecule has 0 amide bonds. The molecule has 0 N–H and O–H groups in total. The predicted molar refractivity (Wildman–Crippen MR) is 47.1 cm³/mol. The van der Waals surface area contributed by atoms with E-state index in [2.05, 4.69) is 24.0 Å². The van der Waals surface area contributed by atoms with Gasteiger partial charge in [0.1, 0.15) is 0 Å². The Kier molecular flexibility index (Phi) is 3.02. The van der Waals surface area contributed by atoms with E-state index in [4.69, 9.17) is 4.74 Å². The highest BCUT2D eigenvalue weighted by molar-refractivity contribution is 5.11. The molecule has 0 atom stereocenters. The van der Waals surface area contributed by atoms with Gasteiger partial charge in [-0.25, -0.2) is 0 Å². The lowest BCUT2D eigenvalue weighted by Gasteiger charge is -2.03. The van der Waals surface area contributed by atoms with Gasteiger partial charge in [0.15, 0.2) is 0 Å². The van der Waals surface area contributed by atoms with E-state index in [9.17, 15) is 0 Å². The molecule has 3 heteroatoms. The Hall–Kier alpha value is -1.12. The molecule has 0 aliphatic rings. The van der Waals surface area contributed by atoms with Crippen molar-refractivity contribution in [3.63, 3.8) is 0 Å². The molecule has 12 heavy (non-hydrogen) atoms. The lowest BCUT2D eigenvalue weighted by atomic mass is 10.1. The van der Waals surface area contributed by atoms with Gasteiger partial charge in [0.05, 0.1) is 12.8 Å². The predicted octanol–water partition coefficient (Wildman–Crippen LogP) is 1.68. The molecule has 1 aromatic rings. The summed E-state index contributed by atoms with van der Waals surface area (Å²) in [6.45, 7) is 4.32. The minimum Gasteiger partial charge on any atom is -0.480 e. The normalized spacial score (nSPS) is 10.3. The summed E-state index contributed by atoms with van der Waals surface area (Å²) in [6.07, 6.45) is 0.969. The van der Waals surface area contributed by atoms with Gasteiger partial charge < -0.3 is 4.74 Å². The third-order valence-corrected chi connectivity index (χ3v) is 1.52. The lowest BCUT2D eigenvalue weighted by Crippen LogP contribution is -1.99. The van der Waals surface area contributed by atoms with Crippen LogP contribution in [0.2, 0.25) is 0 Å². The average Bonchev–Trinajstić information content (AvgIpc) is 2.05. The fraction of sp³-hybridized carbons (Fsp3) is 0.556. The largest absolute Gasteiger partial charge is 0.480 e. The van der Waals surface area contributed by atoms with Crippen molar-refractivity contribution in [2.75, 3.05) is 7.11 Å². The Morgan fingerprint density at radius 1 is 1.33 bits per heavy atom. The van der Waals surface area contributed by atoms with Gasteiger partial charge in [0.2, 0.25) is 5.88 Å². The SMILES string of the molecule is COc1ccc(CC(C)C)nn1. The zero-order valence-electron chi connectivity index (χ0n) is 7.74. The summed E-state index contributed by atoms with van der Waals surface area (Å²) in [5.41, 5.74) is 1.02. The molecule has 0 aromatic carbocycles. The Labute approximate surface area is 72.8 Å². The van der Waals surface area contributed by atoms with Crippen molar-refractivity contribution in [2.24, 2.45) is 5.92 Å². The number of hydrogen-bond acceptors (Lipinski definition) is 3. The van der Waals surface area contributed by atoms with Gasteiger partial charge in [0, 0.05) is 6.07 Å². The number of nitrogens with zero attached hydrogens (tertiary/aromatic N) is 2. The first-order valence-electron chi connectivity index (χ1n) is 4.09. The molecule has 66 valence electrons. The molecule has 1 heterocycles. The minimum atomic E-state index is 0.572. The van der Waals surface area contributed by atoms with Crippen LogP contribution in [0.25, 0.3) is 0 Å². The van der Waals surface area contributed by atoms with Crippen LogP contribution in [-0.4, -0.2) is 17.3 Å². The Bertz CT molecular complexity index is 231. The molecular formula is C9H14N2O. The summed E-state index contributed by atoms with van der Waals surface area (Å²) in [4.78, 5) is 0. The van der Waals surface area contributed by atoms with Crippen LogP contribution < -0.4 is 4.74 Å². The second kappa shape index (κ2) is 4.04. The van der Waals surface area contributed by atoms with Crippen LogP contribution in [0, 0.1) is 5.92 Å². The molecule has 0 fully saturated rings. The topological polar surface area (TPSA) is 35.0 Å². The van der Waals surface area contributed by atoms with Gasteiger partial charge in [-0.15, -0.1) is 5.10 Å². The summed E-state index contributed by atoms with van der Waals surface area (Å²) in [5.74, 6) is 1.19. The van der Waals surface area contributed by atoms with E-state index in [1.165, 1.54) is 0 Å². The number of ether oxygens (including phenoxy) is 1. The van der Waals surface area contributed by atoms with Crippen LogP contribution in [0.3, 0.4) is 0 Å². The quantitative estimate of drug-likeness (QED) is 0.685. The maximum atomic E-state index is 4.90. The first kappa shape index (κ1) is 8.97. The third-order valence-electron chi connectivity index (χ3n) is 1.52. The van der Waals surface area contributed by atoms with E-state index in [1.807, 2.05) is 12.1 Å². The van der Waals surface area contributed by atoms with Crippen LogP contribution in [0.1, 0.15) is 19.5 Å². The van der Waals surface area contributed by atoms with Gasteiger partial charge in [-0.2, -0.15) is 5.10 Å². The molecule has 1 rings (SSSR count). The van der Waals surface area contributed by atoms with Crippen molar-refractivity contribution in [3.05, 3.63) is 17.8 Å². The molecule has 0 aliphatic carbocycles. The Balaban J connectivity index is 2.65. The molecule has 3 nitrogen and oxygen atoms in total. The van der Waals surface area contributed by atoms with E-state index in [0.717, 1.165) is 12.1 Å². The highest BCUT2D eigenvalue weighted by Gasteiger charge is 1.99. The molecule has 0 spiro atoms. The van der Waals surface area contributed by atoms with Crippen LogP contribution >= 0.6 is 0 Å². The van der Waals surface area contributed by atoms with Gasteiger partial charge >= 0.3 is 0 Å². The van der Waals surface area contributed by atoms with Gasteiger partial charge in [-0.05, 0) is 18.4 Å². The smallest absolute Gasteiger partial charge is 0.233 e. The summed E-state index contributed by atoms with van der Waals surface area (Å²) in [5, 5.41) is 7.89. The van der Waals surface area contributed by atoms with Crippen molar-refractivity contribution >= 4 is 0 Å². The van der Waals surface area contributed by atoms with Crippen molar-refractivity contribution in [1.29, 1.82) is 0 Å². The number of aromatic nitrogens is 2. The molecule has 0 radical (unpaired) electrons. The van der Waals surface area contributed by atoms with E-state index >= 15 is 0 Å². The van der Waals surface area contributed by atoms with E-state index < -0.39 is 0 Å². The Morgan fingerprint density at radius 3 is 2.50 bits per heavy atom. The zero-order chi connectivity index (χ0) is 8.97. The van der Waals surface area contributed by atoms with Crippen LogP contribution in [0.4, 0.5) is 0 Å². The highest BCUT2D eigenvalue weighted by Crippen LogP contribution is 2.07. The average molecular weight is 166 g/mol.